The molecule has 9 heteroatoms. The van der Waals surface area contributed by atoms with Crippen LogP contribution in [0.1, 0.15) is 37.8 Å². The predicted octanol–water partition coefficient (Wildman–Crippen LogP) is 3.75. The van der Waals surface area contributed by atoms with Crippen molar-refractivity contribution in [3.8, 4) is 0 Å². The van der Waals surface area contributed by atoms with Gasteiger partial charge in [0.1, 0.15) is 12.6 Å². The van der Waals surface area contributed by atoms with E-state index in [0.717, 1.165) is 22.5 Å². The second-order valence-corrected chi connectivity index (χ2v) is 10.2. The summed E-state index contributed by atoms with van der Waals surface area (Å²) in [5.74, 6) is -0.761. The molecule has 2 rings (SSSR count). The van der Waals surface area contributed by atoms with Crippen molar-refractivity contribution in [1.82, 2.24) is 10.2 Å². The van der Waals surface area contributed by atoms with Crippen LogP contribution in [0.15, 0.2) is 48.5 Å². The Bertz CT molecular complexity index is 1070. The van der Waals surface area contributed by atoms with E-state index in [2.05, 4.69) is 5.32 Å². The van der Waals surface area contributed by atoms with E-state index in [1.54, 1.807) is 55.5 Å². The number of anilines is 1. The van der Waals surface area contributed by atoms with Gasteiger partial charge < -0.3 is 10.2 Å². The smallest absolute Gasteiger partial charge is 0.244 e. The fourth-order valence-electron chi connectivity index (χ4n) is 3.53. The topological polar surface area (TPSA) is 86.8 Å². The first-order valence-electron chi connectivity index (χ1n) is 10.9. The second kappa shape index (κ2) is 12.0. The molecule has 0 aliphatic rings. The third-order valence-corrected chi connectivity index (χ3v) is 6.79. The molecule has 0 heterocycles. The molecular weight excluding hydrogens is 462 g/mol. The molecule has 1 N–H and O–H groups in total. The lowest BCUT2D eigenvalue weighted by Crippen LogP contribution is -2.52. The van der Waals surface area contributed by atoms with E-state index in [9.17, 15) is 18.0 Å². The largest absolute Gasteiger partial charge is 0.354 e. The number of aryl methyl sites for hydroxylation is 1. The first-order valence-corrected chi connectivity index (χ1v) is 13.2. The van der Waals surface area contributed by atoms with Crippen molar-refractivity contribution >= 4 is 39.1 Å². The van der Waals surface area contributed by atoms with Gasteiger partial charge in [-0.2, -0.15) is 0 Å². The van der Waals surface area contributed by atoms with Gasteiger partial charge in [-0.25, -0.2) is 8.42 Å². The molecule has 0 spiro atoms. The number of amides is 2. The van der Waals surface area contributed by atoms with Crippen LogP contribution in [-0.4, -0.2) is 50.5 Å². The summed E-state index contributed by atoms with van der Waals surface area (Å²) in [6.45, 7) is 5.70. The molecule has 33 heavy (non-hydrogen) atoms. The third kappa shape index (κ3) is 7.20. The highest BCUT2D eigenvalue weighted by Gasteiger charge is 2.32. The molecule has 0 aromatic heterocycles. The SMILES string of the molecule is CCCNC(=O)[C@@H](CC)N(Cc1ccccc1Cl)C(=O)CN(c1ccccc1C)S(C)(=O)=O. The van der Waals surface area contributed by atoms with Gasteiger partial charge in [0.15, 0.2) is 0 Å². The average Bonchev–Trinajstić information content (AvgIpc) is 2.76. The highest BCUT2D eigenvalue weighted by Crippen LogP contribution is 2.24. The van der Waals surface area contributed by atoms with E-state index in [-0.39, 0.29) is 12.5 Å². The van der Waals surface area contributed by atoms with Crippen LogP contribution in [0, 0.1) is 6.92 Å². The lowest BCUT2D eigenvalue weighted by atomic mass is 10.1. The van der Waals surface area contributed by atoms with E-state index >= 15 is 0 Å². The summed E-state index contributed by atoms with van der Waals surface area (Å²) >= 11 is 6.33. The molecule has 2 amide bonds. The lowest BCUT2D eigenvalue weighted by molar-refractivity contribution is -0.140. The minimum Gasteiger partial charge on any atom is -0.354 e. The number of carbonyl (C=O) groups is 2. The van der Waals surface area contributed by atoms with Gasteiger partial charge in [-0.05, 0) is 43.0 Å². The molecular formula is C24H32ClN3O4S. The highest BCUT2D eigenvalue weighted by atomic mass is 35.5. The van der Waals surface area contributed by atoms with Crippen LogP contribution in [0.2, 0.25) is 5.02 Å². The number of halogens is 1. The van der Waals surface area contributed by atoms with Gasteiger partial charge in [-0.1, -0.05) is 61.8 Å². The number of nitrogens with one attached hydrogen (secondary N) is 1. The molecule has 180 valence electrons. The van der Waals surface area contributed by atoms with Gasteiger partial charge in [0, 0.05) is 18.1 Å². The van der Waals surface area contributed by atoms with Gasteiger partial charge in [0.25, 0.3) is 0 Å². The van der Waals surface area contributed by atoms with Gasteiger partial charge >= 0.3 is 0 Å². The average molecular weight is 494 g/mol. The summed E-state index contributed by atoms with van der Waals surface area (Å²) in [5, 5.41) is 3.32. The first kappa shape index (κ1) is 26.7. The van der Waals surface area contributed by atoms with E-state index in [0.29, 0.717) is 29.2 Å². The molecule has 0 unspecified atom stereocenters. The summed E-state index contributed by atoms with van der Waals surface area (Å²) in [5.41, 5.74) is 1.83. The van der Waals surface area contributed by atoms with Gasteiger partial charge in [0.2, 0.25) is 21.8 Å². The van der Waals surface area contributed by atoms with Crippen LogP contribution in [0.5, 0.6) is 0 Å². The minimum absolute atomic E-state index is 0.0853. The summed E-state index contributed by atoms with van der Waals surface area (Å²) in [6, 6.07) is 13.3. The predicted molar refractivity (Wildman–Crippen MR) is 133 cm³/mol. The molecule has 7 nitrogen and oxygen atoms in total. The number of hydrogen-bond acceptors (Lipinski definition) is 4. The van der Waals surface area contributed by atoms with Crippen molar-refractivity contribution < 1.29 is 18.0 Å². The van der Waals surface area contributed by atoms with Crippen LogP contribution < -0.4 is 9.62 Å². The Morgan fingerprint density at radius 2 is 1.70 bits per heavy atom. The van der Waals surface area contributed by atoms with Crippen LogP contribution in [0.3, 0.4) is 0 Å². The Kier molecular flexibility index (Phi) is 9.73. The van der Waals surface area contributed by atoms with Crippen LogP contribution in [-0.2, 0) is 26.2 Å². The fraction of sp³-hybridized carbons (Fsp3) is 0.417. The van der Waals surface area contributed by atoms with Gasteiger partial charge in [-0.3, -0.25) is 13.9 Å². The molecule has 0 aliphatic carbocycles. The van der Waals surface area contributed by atoms with E-state index in [1.807, 2.05) is 13.8 Å². The monoisotopic (exact) mass is 493 g/mol. The Hall–Kier alpha value is -2.58. The summed E-state index contributed by atoms with van der Waals surface area (Å²) in [6.07, 6.45) is 2.20. The number of carbonyl (C=O) groups excluding carboxylic acids is 2. The third-order valence-electron chi connectivity index (χ3n) is 5.30. The van der Waals surface area contributed by atoms with Crippen molar-refractivity contribution in [2.45, 2.75) is 46.2 Å². The number of nitrogens with zero attached hydrogens (tertiary/aromatic N) is 2. The summed E-state index contributed by atoms with van der Waals surface area (Å²) in [7, 11) is -3.76. The zero-order valence-corrected chi connectivity index (χ0v) is 21.1. The quantitative estimate of drug-likeness (QED) is 0.516. The summed E-state index contributed by atoms with van der Waals surface area (Å²) < 4.78 is 26.3. The van der Waals surface area contributed by atoms with Gasteiger partial charge in [0.05, 0.1) is 11.9 Å². The first-order chi connectivity index (χ1) is 15.6. The van der Waals surface area contributed by atoms with E-state index < -0.39 is 28.5 Å². The van der Waals surface area contributed by atoms with Crippen molar-refractivity contribution in [2.24, 2.45) is 0 Å². The number of para-hydroxylation sites is 1. The molecule has 0 saturated carbocycles. The second-order valence-electron chi connectivity index (χ2n) is 7.88. The Morgan fingerprint density at radius 3 is 2.27 bits per heavy atom. The van der Waals surface area contributed by atoms with Crippen molar-refractivity contribution in [3.63, 3.8) is 0 Å². The van der Waals surface area contributed by atoms with E-state index in [4.69, 9.17) is 11.6 Å². The summed E-state index contributed by atoms with van der Waals surface area (Å²) in [4.78, 5) is 27.9. The van der Waals surface area contributed by atoms with Crippen molar-refractivity contribution in [2.75, 3.05) is 23.7 Å². The van der Waals surface area contributed by atoms with Crippen LogP contribution in [0.4, 0.5) is 5.69 Å². The molecule has 0 aliphatic heterocycles. The maximum atomic E-state index is 13.6. The molecule has 0 saturated heterocycles. The van der Waals surface area contributed by atoms with Crippen molar-refractivity contribution in [1.29, 1.82) is 0 Å². The minimum atomic E-state index is -3.76. The number of sulfonamides is 1. The molecule has 0 fully saturated rings. The molecule has 2 aromatic carbocycles. The van der Waals surface area contributed by atoms with Crippen LogP contribution >= 0.6 is 11.6 Å². The number of benzene rings is 2. The van der Waals surface area contributed by atoms with Crippen LogP contribution in [0.25, 0.3) is 0 Å². The zero-order chi connectivity index (χ0) is 24.6. The molecule has 1 atom stereocenters. The standard InChI is InChI=1S/C24H32ClN3O4S/c1-5-15-26-24(30)21(6-2)27(16-19-12-8-9-13-20(19)25)23(29)17-28(33(4,31)32)22-14-10-7-11-18(22)3/h7-14,21H,5-6,15-17H2,1-4H3,(H,26,30)/t21-/m1/s1. The van der Waals surface area contributed by atoms with Crippen molar-refractivity contribution in [3.05, 3.63) is 64.7 Å². The van der Waals surface area contributed by atoms with E-state index in [1.165, 1.54) is 4.90 Å². The molecule has 2 aromatic rings. The number of hydrogen-bond donors (Lipinski definition) is 1. The number of rotatable bonds is 11. The van der Waals surface area contributed by atoms with Gasteiger partial charge in [-0.15, -0.1) is 0 Å². The lowest BCUT2D eigenvalue weighted by Gasteiger charge is -2.33. The Balaban J connectivity index is 2.45. The maximum absolute atomic E-state index is 13.6. The maximum Gasteiger partial charge on any atom is 0.244 e. The molecule has 0 radical (unpaired) electrons. The molecule has 0 bridgehead atoms. The Labute approximate surface area is 201 Å². The Morgan fingerprint density at radius 1 is 1.06 bits per heavy atom. The fourth-order valence-corrected chi connectivity index (χ4v) is 4.64. The highest BCUT2D eigenvalue weighted by molar-refractivity contribution is 7.92. The normalized spacial score (nSPS) is 12.2. The zero-order valence-electron chi connectivity index (χ0n) is 19.5.